The van der Waals surface area contributed by atoms with Gasteiger partial charge in [0.2, 0.25) is 11.9 Å². The third kappa shape index (κ3) is 9.49. The van der Waals surface area contributed by atoms with Gasteiger partial charge in [-0.3, -0.25) is 0 Å². The molecule has 0 unspecified atom stereocenters. The van der Waals surface area contributed by atoms with Gasteiger partial charge in [0.05, 0.1) is 48.3 Å². The summed E-state index contributed by atoms with van der Waals surface area (Å²) in [4.78, 5) is 33.1. The molecule has 5 N–H and O–H groups in total. The van der Waals surface area contributed by atoms with E-state index in [1.165, 1.54) is 5.57 Å². The summed E-state index contributed by atoms with van der Waals surface area (Å²) in [6.07, 6.45) is 12.2. The van der Waals surface area contributed by atoms with Crippen LogP contribution in [0.5, 0.6) is 11.5 Å². The van der Waals surface area contributed by atoms with Crippen molar-refractivity contribution < 1.29 is 25.5 Å². The van der Waals surface area contributed by atoms with Gasteiger partial charge in [-0.1, -0.05) is 73.7 Å². The van der Waals surface area contributed by atoms with Gasteiger partial charge in [0.25, 0.3) is 0 Å². The summed E-state index contributed by atoms with van der Waals surface area (Å²) in [5.74, 6) is 2.94. The lowest BCUT2D eigenvalue weighted by molar-refractivity contribution is 0.0115. The van der Waals surface area contributed by atoms with Crippen LogP contribution in [0.2, 0.25) is 0 Å². The Morgan fingerprint density at radius 3 is 1.64 bits per heavy atom. The Morgan fingerprint density at radius 1 is 0.611 bits per heavy atom. The first-order valence-electron chi connectivity index (χ1n) is 23.6. The summed E-state index contributed by atoms with van der Waals surface area (Å²) >= 11 is 0. The minimum atomic E-state index is -0.945. The van der Waals surface area contributed by atoms with Crippen LogP contribution < -0.4 is 9.80 Å². The van der Waals surface area contributed by atoms with Crippen LogP contribution in [0.4, 0.5) is 11.9 Å². The number of aromatic nitrogens is 12. The highest BCUT2D eigenvalue weighted by Crippen LogP contribution is 2.36. The monoisotopic (exact) mass is 990 g/mol. The molecule has 0 radical (unpaired) electrons. The van der Waals surface area contributed by atoms with E-state index in [2.05, 4.69) is 47.5 Å². The van der Waals surface area contributed by atoms with Crippen molar-refractivity contribution in [2.24, 2.45) is 0 Å². The fraction of sp³-hybridized carbons (Fsp3) is 0.269. The number of aliphatic hydroxyl groups excluding tert-OH is 2. The Kier molecular flexibility index (Phi) is 14.4. The number of phenolic OH excluding ortho intramolecular Hbond substituents is 2. The number of para-hydroxylation sites is 2. The number of aliphatic hydroxyl groups is 3. The molecule has 1 fully saturated rings. The Labute approximate surface area is 420 Å². The van der Waals surface area contributed by atoms with Crippen molar-refractivity contribution in [2.75, 3.05) is 49.7 Å². The molecule has 10 aromatic rings. The van der Waals surface area contributed by atoms with Crippen molar-refractivity contribution in [1.82, 2.24) is 58.6 Å². The van der Waals surface area contributed by atoms with Crippen LogP contribution >= 0.6 is 12.4 Å². The molecule has 4 aromatic carbocycles. The van der Waals surface area contributed by atoms with Crippen LogP contribution in [0.25, 0.3) is 61.3 Å². The molecule has 20 heteroatoms. The van der Waals surface area contributed by atoms with E-state index in [0.717, 1.165) is 71.6 Å². The molecule has 0 amide bonds. The molecule has 0 aliphatic carbocycles. The van der Waals surface area contributed by atoms with Crippen molar-refractivity contribution in [2.45, 2.75) is 51.3 Å². The molecule has 0 saturated carbocycles. The molecule has 0 bridgehead atoms. The Morgan fingerprint density at radius 2 is 1.12 bits per heavy atom. The lowest BCUT2D eigenvalue weighted by Gasteiger charge is -2.38. The van der Waals surface area contributed by atoms with Crippen molar-refractivity contribution in [3.8, 4) is 23.1 Å². The lowest BCUT2D eigenvalue weighted by Crippen LogP contribution is -2.43. The molecule has 0 atom stereocenters. The number of hydrogen-bond acceptors (Lipinski definition) is 15. The van der Waals surface area contributed by atoms with Gasteiger partial charge in [0.1, 0.15) is 11.5 Å². The Balaban J connectivity index is 0.000000170. The van der Waals surface area contributed by atoms with Crippen molar-refractivity contribution >= 4 is 74.0 Å². The van der Waals surface area contributed by atoms with Crippen molar-refractivity contribution in [3.63, 3.8) is 0 Å². The third-order valence-corrected chi connectivity index (χ3v) is 13.0. The number of piperidine rings is 1. The highest BCUT2D eigenvalue weighted by Gasteiger charge is 2.35. The summed E-state index contributed by atoms with van der Waals surface area (Å²) in [5, 5.41) is 58.3. The van der Waals surface area contributed by atoms with Crippen LogP contribution in [0.15, 0.2) is 128 Å². The van der Waals surface area contributed by atoms with E-state index in [9.17, 15) is 20.4 Å². The van der Waals surface area contributed by atoms with Gasteiger partial charge in [0, 0.05) is 57.2 Å². The van der Waals surface area contributed by atoms with Gasteiger partial charge < -0.3 is 44.5 Å². The molecule has 1 saturated heterocycles. The van der Waals surface area contributed by atoms with Crippen LogP contribution in [0.1, 0.15) is 43.7 Å². The van der Waals surface area contributed by atoms with E-state index in [-0.39, 0.29) is 30.5 Å². The number of fused-ring (bicyclic) bond motifs is 4. The quantitative estimate of drug-likeness (QED) is 0.0933. The first-order chi connectivity index (χ1) is 34.8. The second-order valence-electron chi connectivity index (χ2n) is 17.4. The molecule has 0 spiro atoms. The SMILES string of the molecule is CCCn1cnc2c(-n3ncc4ccccc43)nc(N3CCC(O)(c4ccc(O)cc4)CC3)nc21.CO.Cl.OCCn1cnc2c(-n3ncc4ccccc43)nc(N3CC=C(c4ccc(O)cc4)CC3)nc21. The smallest absolute Gasteiger partial charge is 0.229 e. The fourth-order valence-corrected chi connectivity index (χ4v) is 9.30. The number of halogens is 1. The Bertz CT molecular complexity index is 3490. The van der Waals surface area contributed by atoms with Gasteiger partial charge in [-0.2, -0.15) is 30.1 Å². The van der Waals surface area contributed by atoms with E-state index in [1.807, 2.05) is 88.6 Å². The zero-order chi connectivity index (χ0) is 49.1. The highest BCUT2D eigenvalue weighted by atomic mass is 35.5. The molecular formula is C52H55ClN14O5. The predicted molar refractivity (Wildman–Crippen MR) is 279 cm³/mol. The average Bonchev–Trinajstić information content (AvgIpc) is 4.24. The molecule has 6 aromatic heterocycles. The Hall–Kier alpha value is -7.97. The maximum Gasteiger partial charge on any atom is 0.229 e. The zero-order valence-electron chi connectivity index (χ0n) is 39.8. The first kappa shape index (κ1) is 49.0. The standard InChI is InChI=1S/C26H27N7O2.C25H23N7O2.CH4O.ClH/c1-2-13-32-17-27-22-23(32)29-25(30-24(22)33-21-6-4-3-5-18(21)16-28-33)31-14-11-26(35,12-15-31)19-7-9-20(34)10-8-19;33-14-13-31-16-26-22-23(31)28-25(29-24(22)32-21-4-2-1-3-19(21)15-27-32)30-11-9-18(10-12-30)17-5-7-20(34)8-6-17;1-2;/h3-10,16-17,34-35H,2,11-15H2,1H3;1-9,15-16,33-34H,10-14H2;2H,1H3;1H. The maximum atomic E-state index is 11.3. The van der Waals surface area contributed by atoms with Crippen LogP contribution in [-0.4, -0.2) is 124 Å². The van der Waals surface area contributed by atoms with Gasteiger partial charge in [-0.15, -0.1) is 12.4 Å². The molecule has 8 heterocycles. The molecule has 2 aliphatic rings. The normalized spacial score (nSPS) is 14.4. The molecule has 2 aliphatic heterocycles. The van der Waals surface area contributed by atoms with E-state index >= 15 is 0 Å². The first-order valence-corrected chi connectivity index (χ1v) is 23.6. The number of rotatable bonds is 10. The zero-order valence-corrected chi connectivity index (χ0v) is 40.6. The number of aryl methyl sites for hydroxylation is 1. The number of aromatic hydroxyl groups is 2. The molecule has 12 rings (SSSR count). The van der Waals surface area contributed by atoms with Gasteiger partial charge in [0.15, 0.2) is 34.0 Å². The highest BCUT2D eigenvalue weighted by molar-refractivity contribution is 5.87. The largest absolute Gasteiger partial charge is 0.508 e. The molecule has 19 nitrogen and oxygen atoms in total. The van der Waals surface area contributed by atoms with E-state index in [4.69, 9.17) is 25.0 Å². The fourth-order valence-electron chi connectivity index (χ4n) is 9.30. The second kappa shape index (κ2) is 21.2. The number of benzene rings is 4. The summed E-state index contributed by atoms with van der Waals surface area (Å²) in [6.45, 7) is 5.96. The summed E-state index contributed by atoms with van der Waals surface area (Å²) in [6, 6.07) is 30.1. The molecule has 72 heavy (non-hydrogen) atoms. The minimum absolute atomic E-state index is 0. The predicted octanol–water partition coefficient (Wildman–Crippen LogP) is 6.96. The van der Waals surface area contributed by atoms with Gasteiger partial charge in [-0.05, 0) is 78.8 Å². The number of nitrogens with zero attached hydrogens (tertiary/aromatic N) is 14. The average molecular weight is 992 g/mol. The summed E-state index contributed by atoms with van der Waals surface area (Å²) < 4.78 is 7.55. The van der Waals surface area contributed by atoms with Crippen molar-refractivity contribution in [3.05, 3.63) is 139 Å². The number of anilines is 2. The van der Waals surface area contributed by atoms with Gasteiger partial charge in [-0.25, -0.2) is 19.3 Å². The topological polar surface area (TPSA) is 230 Å². The molecular weight excluding hydrogens is 936 g/mol. The number of imidazole rings is 2. The summed E-state index contributed by atoms with van der Waals surface area (Å²) in [5.41, 5.74) is 6.93. The van der Waals surface area contributed by atoms with E-state index < -0.39 is 5.60 Å². The van der Waals surface area contributed by atoms with Crippen LogP contribution in [0, 0.1) is 0 Å². The third-order valence-electron chi connectivity index (χ3n) is 13.0. The van der Waals surface area contributed by atoms with Crippen LogP contribution in [0.3, 0.4) is 0 Å². The van der Waals surface area contributed by atoms with E-state index in [1.54, 1.807) is 47.4 Å². The lowest BCUT2D eigenvalue weighted by atomic mass is 9.84. The maximum absolute atomic E-state index is 11.3. The van der Waals surface area contributed by atoms with Gasteiger partial charge >= 0.3 is 0 Å². The van der Waals surface area contributed by atoms with Crippen LogP contribution in [-0.2, 0) is 18.7 Å². The number of phenols is 2. The van der Waals surface area contributed by atoms with E-state index in [0.29, 0.717) is 79.2 Å². The minimum Gasteiger partial charge on any atom is -0.508 e. The molecule has 370 valence electrons. The number of hydrogen-bond donors (Lipinski definition) is 5. The summed E-state index contributed by atoms with van der Waals surface area (Å²) in [7, 11) is 1.00. The second-order valence-corrected chi connectivity index (χ2v) is 17.4. The van der Waals surface area contributed by atoms with Crippen molar-refractivity contribution in [1.29, 1.82) is 0 Å².